The van der Waals surface area contributed by atoms with Crippen molar-refractivity contribution in [1.82, 2.24) is 0 Å². The number of aromatic hydroxyl groups is 1. The predicted octanol–water partition coefficient (Wildman–Crippen LogP) is 8.86. The van der Waals surface area contributed by atoms with Crippen LogP contribution in [0.1, 0.15) is 80.8 Å². The lowest BCUT2D eigenvalue weighted by atomic mass is 9.71. The van der Waals surface area contributed by atoms with Crippen molar-refractivity contribution in [2.24, 2.45) is 21.7 Å². The van der Waals surface area contributed by atoms with Crippen LogP contribution >= 0.6 is 0 Å². The summed E-state index contributed by atoms with van der Waals surface area (Å²) in [4.78, 5) is 0. The molecule has 2 aliphatic heterocycles. The fraction of sp³-hybridized carbons (Fsp3) is 0.444. The van der Waals surface area contributed by atoms with E-state index >= 15 is 0 Å². The average molecular weight is 603 g/mol. The summed E-state index contributed by atoms with van der Waals surface area (Å²) in [6, 6.07) is 15.1. The SMILES string of the molecule is CC(C)(C)C1=C(c2cc3cc(O)ccc3o2)OCC1(C)C.CC(C)(C)C1=C(c2cc3cc(O[SiH3])ccc3o2)OCC1(C)C. The molecule has 0 spiro atoms. The Morgan fingerprint density at radius 1 is 0.674 bits per heavy atom. The topological polar surface area (TPSA) is 74.2 Å². The van der Waals surface area contributed by atoms with E-state index in [9.17, 15) is 5.11 Å². The third-order valence-electron chi connectivity index (χ3n) is 8.13. The Morgan fingerprint density at radius 2 is 1.12 bits per heavy atom. The van der Waals surface area contributed by atoms with Crippen LogP contribution in [-0.4, -0.2) is 28.8 Å². The highest BCUT2D eigenvalue weighted by Crippen LogP contribution is 2.51. The predicted molar refractivity (Wildman–Crippen MR) is 177 cm³/mol. The fourth-order valence-corrected chi connectivity index (χ4v) is 7.17. The van der Waals surface area contributed by atoms with Gasteiger partial charge in [0.25, 0.3) is 0 Å². The standard InChI is InChI=1S/C18H24O3Si.C18H22O3/c1-17(2,3)16-15(19-10-18(16,4)5)14-9-11-8-12(21-22)6-7-13(11)20-14;1-17(2,3)16-15(20-10-18(16,4)5)14-9-11-8-12(19)6-7-13(11)21-14/h6-9H,10H2,1-5,22H3;6-9,19H,10H2,1-5H3. The summed E-state index contributed by atoms with van der Waals surface area (Å²) in [5.41, 5.74) is 4.29. The first-order chi connectivity index (χ1) is 19.9. The summed E-state index contributed by atoms with van der Waals surface area (Å²) in [7, 11) is 0.686. The Bertz CT molecular complexity index is 1730. The van der Waals surface area contributed by atoms with Crippen LogP contribution in [0.25, 0.3) is 33.5 Å². The van der Waals surface area contributed by atoms with E-state index in [1.807, 2.05) is 24.3 Å². The molecule has 0 atom stereocenters. The summed E-state index contributed by atoms with van der Waals surface area (Å²) in [6.07, 6.45) is 0. The van der Waals surface area contributed by atoms with E-state index in [0.717, 1.165) is 50.7 Å². The maximum absolute atomic E-state index is 9.58. The number of benzene rings is 2. The number of phenolic OH excluding ortho intramolecular Hbond substituents is 1. The number of fused-ring (bicyclic) bond motifs is 2. The third kappa shape index (κ3) is 5.97. The zero-order chi connectivity index (χ0) is 31.5. The molecule has 4 heterocycles. The molecule has 0 aliphatic carbocycles. The van der Waals surface area contributed by atoms with E-state index in [-0.39, 0.29) is 27.4 Å². The van der Waals surface area contributed by atoms with Crippen LogP contribution in [0.3, 0.4) is 0 Å². The molecule has 2 aromatic carbocycles. The molecule has 43 heavy (non-hydrogen) atoms. The molecule has 4 aromatic rings. The lowest BCUT2D eigenvalue weighted by Gasteiger charge is -2.30. The van der Waals surface area contributed by atoms with Crippen molar-refractivity contribution in [3.05, 3.63) is 71.2 Å². The Balaban J connectivity index is 0.000000171. The zero-order valence-corrected chi connectivity index (χ0v) is 29.5. The molecule has 6 nitrogen and oxygen atoms in total. The van der Waals surface area contributed by atoms with Crippen molar-refractivity contribution in [2.45, 2.75) is 69.2 Å². The van der Waals surface area contributed by atoms with Gasteiger partial charge in [0.15, 0.2) is 23.0 Å². The van der Waals surface area contributed by atoms with Gasteiger partial charge in [0, 0.05) is 21.6 Å². The molecule has 0 saturated carbocycles. The molecule has 0 bridgehead atoms. The normalized spacial score (nSPS) is 18.2. The molecular weight excluding hydrogens is 556 g/mol. The van der Waals surface area contributed by atoms with Crippen LogP contribution < -0.4 is 4.43 Å². The first kappa shape index (κ1) is 30.9. The molecule has 0 saturated heterocycles. The maximum atomic E-state index is 9.58. The summed E-state index contributed by atoms with van der Waals surface area (Å²) < 4.78 is 29.4. The minimum atomic E-state index is -0.00526. The van der Waals surface area contributed by atoms with E-state index in [2.05, 4.69) is 75.3 Å². The van der Waals surface area contributed by atoms with Gasteiger partial charge in [0.2, 0.25) is 10.5 Å². The van der Waals surface area contributed by atoms with Crippen molar-refractivity contribution >= 4 is 43.9 Å². The van der Waals surface area contributed by atoms with Crippen LogP contribution in [0.4, 0.5) is 0 Å². The first-order valence-electron chi connectivity index (χ1n) is 15.0. The van der Waals surface area contributed by atoms with E-state index in [1.54, 1.807) is 18.2 Å². The highest BCUT2D eigenvalue weighted by Gasteiger charge is 2.43. The van der Waals surface area contributed by atoms with Crippen molar-refractivity contribution in [2.75, 3.05) is 13.2 Å². The van der Waals surface area contributed by atoms with Crippen molar-refractivity contribution in [1.29, 1.82) is 0 Å². The molecule has 1 N–H and O–H groups in total. The summed E-state index contributed by atoms with van der Waals surface area (Å²) >= 11 is 0. The van der Waals surface area contributed by atoms with Gasteiger partial charge in [0.05, 0.1) is 13.2 Å². The third-order valence-corrected chi connectivity index (χ3v) is 8.60. The Labute approximate surface area is 258 Å². The van der Waals surface area contributed by atoms with E-state index in [1.165, 1.54) is 11.1 Å². The largest absolute Gasteiger partial charge is 0.553 e. The minimum Gasteiger partial charge on any atom is -0.553 e. The number of furan rings is 2. The van der Waals surface area contributed by atoms with Gasteiger partial charge >= 0.3 is 0 Å². The van der Waals surface area contributed by atoms with Gasteiger partial charge in [0.1, 0.15) is 22.7 Å². The number of hydrogen-bond acceptors (Lipinski definition) is 6. The van der Waals surface area contributed by atoms with Gasteiger partial charge in [-0.3, -0.25) is 0 Å². The molecule has 6 rings (SSSR count). The van der Waals surface area contributed by atoms with Gasteiger partial charge in [-0.15, -0.1) is 0 Å². The number of rotatable bonds is 3. The smallest absolute Gasteiger partial charge is 0.204 e. The molecule has 0 fully saturated rings. The Kier molecular flexibility index (Phi) is 7.57. The molecule has 2 aliphatic rings. The van der Waals surface area contributed by atoms with E-state index in [0.29, 0.717) is 23.7 Å². The number of hydrogen-bond donors (Lipinski definition) is 1. The van der Waals surface area contributed by atoms with Crippen molar-refractivity contribution in [3.8, 4) is 11.5 Å². The van der Waals surface area contributed by atoms with Gasteiger partial charge in [-0.05, 0) is 70.5 Å². The summed E-state index contributed by atoms with van der Waals surface area (Å²) in [5, 5.41) is 11.5. The van der Waals surface area contributed by atoms with Crippen LogP contribution in [-0.2, 0) is 9.47 Å². The van der Waals surface area contributed by atoms with Crippen molar-refractivity contribution in [3.63, 3.8) is 0 Å². The zero-order valence-electron chi connectivity index (χ0n) is 27.5. The summed E-state index contributed by atoms with van der Waals surface area (Å²) in [6.45, 7) is 23.5. The van der Waals surface area contributed by atoms with Gasteiger partial charge in [-0.25, -0.2) is 0 Å². The Hall–Kier alpha value is -3.58. The second-order valence-corrected chi connectivity index (χ2v) is 15.5. The first-order valence-corrected chi connectivity index (χ1v) is 15.8. The Morgan fingerprint density at radius 3 is 1.56 bits per heavy atom. The highest BCUT2D eigenvalue weighted by molar-refractivity contribution is 6.00. The molecule has 230 valence electrons. The molecule has 0 amide bonds. The molecule has 7 heteroatoms. The number of phenols is 1. The summed E-state index contributed by atoms with van der Waals surface area (Å²) in [5.74, 6) is 4.45. The van der Waals surface area contributed by atoms with Crippen LogP contribution in [0.2, 0.25) is 0 Å². The van der Waals surface area contributed by atoms with E-state index < -0.39 is 0 Å². The van der Waals surface area contributed by atoms with Crippen LogP contribution in [0, 0.1) is 21.7 Å². The lowest BCUT2D eigenvalue weighted by molar-refractivity contribution is 0.210. The average Bonchev–Trinajstić information content (AvgIpc) is 3.64. The van der Waals surface area contributed by atoms with Crippen molar-refractivity contribution < 1.29 is 27.8 Å². The van der Waals surface area contributed by atoms with Gasteiger partial charge in [-0.2, -0.15) is 0 Å². The minimum absolute atomic E-state index is 0.00526. The number of ether oxygens (including phenoxy) is 2. The van der Waals surface area contributed by atoms with Crippen LogP contribution in [0.5, 0.6) is 11.5 Å². The quantitative estimate of drug-likeness (QED) is 0.236. The lowest BCUT2D eigenvalue weighted by Crippen LogP contribution is -2.24. The van der Waals surface area contributed by atoms with Gasteiger partial charge in [-0.1, -0.05) is 69.2 Å². The second-order valence-electron chi connectivity index (χ2n) is 15.1. The fourth-order valence-electron chi connectivity index (χ4n) is 6.91. The van der Waals surface area contributed by atoms with Crippen LogP contribution in [0.15, 0.2) is 68.5 Å². The van der Waals surface area contributed by atoms with E-state index in [4.69, 9.17) is 22.7 Å². The van der Waals surface area contributed by atoms with Gasteiger partial charge < -0.3 is 27.8 Å². The molecule has 2 aromatic heterocycles. The maximum Gasteiger partial charge on any atom is 0.204 e. The highest BCUT2D eigenvalue weighted by atomic mass is 28.2. The molecular formula is C36H46O6Si. The second kappa shape index (κ2) is 10.5. The molecule has 0 unspecified atom stereocenters. The molecule has 0 radical (unpaired) electrons. The monoisotopic (exact) mass is 602 g/mol.